The Kier molecular flexibility index (Phi) is 4.85. The number of anilines is 1. The summed E-state index contributed by atoms with van der Waals surface area (Å²) in [6.45, 7) is 3.80. The summed E-state index contributed by atoms with van der Waals surface area (Å²) in [7, 11) is 0. The Morgan fingerprint density at radius 2 is 2.09 bits per heavy atom. The molecule has 1 N–H and O–H groups in total. The maximum absolute atomic E-state index is 12.2. The second-order valence-corrected chi connectivity index (χ2v) is 7.25. The summed E-state index contributed by atoms with van der Waals surface area (Å²) >= 11 is 13.7. The molecule has 1 fully saturated rings. The van der Waals surface area contributed by atoms with Crippen molar-refractivity contribution in [1.29, 1.82) is 0 Å². The van der Waals surface area contributed by atoms with E-state index in [0.29, 0.717) is 21.8 Å². The molecule has 1 amide bonds. The molecule has 0 atom stereocenters. The number of hydrogen-bond acceptors (Lipinski definition) is 4. The SMILES string of the molecule is Cc1ccc(Cl)c(NC(=O)CSc2nnc(C)n2C2CC2)c1Cl. The monoisotopic (exact) mass is 370 g/mol. The van der Waals surface area contributed by atoms with Crippen molar-refractivity contribution in [3.05, 3.63) is 33.6 Å². The first-order valence-electron chi connectivity index (χ1n) is 7.26. The van der Waals surface area contributed by atoms with Gasteiger partial charge in [0, 0.05) is 6.04 Å². The summed E-state index contributed by atoms with van der Waals surface area (Å²) in [6, 6.07) is 4.02. The summed E-state index contributed by atoms with van der Waals surface area (Å²) in [4.78, 5) is 12.2. The molecular weight excluding hydrogens is 355 g/mol. The van der Waals surface area contributed by atoms with Crippen LogP contribution in [0.25, 0.3) is 0 Å². The summed E-state index contributed by atoms with van der Waals surface area (Å²) < 4.78 is 2.10. The second-order valence-electron chi connectivity index (χ2n) is 5.52. The normalized spacial score (nSPS) is 14.1. The molecule has 3 rings (SSSR count). The highest BCUT2D eigenvalue weighted by molar-refractivity contribution is 7.99. The zero-order valence-corrected chi connectivity index (χ0v) is 15.1. The Hall–Kier alpha value is -1.24. The third-order valence-corrected chi connectivity index (χ3v) is 5.37. The number of nitrogens with one attached hydrogen (secondary N) is 1. The van der Waals surface area contributed by atoms with E-state index in [-0.39, 0.29) is 11.7 Å². The van der Waals surface area contributed by atoms with Crippen molar-refractivity contribution < 1.29 is 4.79 Å². The van der Waals surface area contributed by atoms with Crippen LogP contribution in [-0.4, -0.2) is 26.4 Å². The number of benzene rings is 1. The fourth-order valence-corrected chi connectivity index (χ4v) is 3.59. The van der Waals surface area contributed by atoms with E-state index in [2.05, 4.69) is 20.1 Å². The van der Waals surface area contributed by atoms with Gasteiger partial charge in [0.25, 0.3) is 0 Å². The van der Waals surface area contributed by atoms with E-state index in [4.69, 9.17) is 23.2 Å². The molecule has 1 aliphatic carbocycles. The Morgan fingerprint density at radius 1 is 1.35 bits per heavy atom. The number of carbonyl (C=O) groups is 1. The summed E-state index contributed by atoms with van der Waals surface area (Å²) in [5, 5.41) is 12.7. The lowest BCUT2D eigenvalue weighted by atomic mass is 10.2. The standard InChI is InChI=1S/C15H16Cl2N4OS/c1-8-3-6-11(16)14(13(8)17)18-12(22)7-23-15-20-19-9(2)21(15)10-4-5-10/h3,6,10H,4-5,7H2,1-2H3,(H,18,22). The number of rotatable bonds is 5. The minimum absolute atomic E-state index is 0.174. The third kappa shape index (κ3) is 3.65. The molecule has 2 aromatic rings. The molecule has 1 aromatic carbocycles. The predicted molar refractivity (Wildman–Crippen MR) is 93.6 cm³/mol. The van der Waals surface area contributed by atoms with E-state index in [1.807, 2.05) is 19.9 Å². The Bertz CT molecular complexity index is 758. The number of aromatic nitrogens is 3. The van der Waals surface area contributed by atoms with Crippen molar-refractivity contribution in [2.75, 3.05) is 11.1 Å². The minimum atomic E-state index is -0.174. The lowest BCUT2D eigenvalue weighted by molar-refractivity contribution is -0.113. The molecule has 1 aromatic heterocycles. The third-order valence-electron chi connectivity index (χ3n) is 3.63. The number of hydrogen-bond donors (Lipinski definition) is 1. The van der Waals surface area contributed by atoms with Crippen LogP contribution in [0.1, 0.15) is 30.3 Å². The van der Waals surface area contributed by atoms with Gasteiger partial charge in [-0.15, -0.1) is 10.2 Å². The summed E-state index contributed by atoms with van der Waals surface area (Å²) in [5.41, 5.74) is 1.32. The van der Waals surface area contributed by atoms with E-state index in [9.17, 15) is 4.79 Å². The molecule has 0 aliphatic heterocycles. The molecule has 0 unspecified atom stereocenters. The van der Waals surface area contributed by atoms with Gasteiger partial charge in [-0.05, 0) is 38.3 Å². The molecule has 8 heteroatoms. The molecule has 1 saturated carbocycles. The van der Waals surface area contributed by atoms with Crippen LogP contribution < -0.4 is 5.32 Å². The van der Waals surface area contributed by atoms with Crippen LogP contribution in [0.15, 0.2) is 17.3 Å². The van der Waals surface area contributed by atoms with Gasteiger partial charge in [-0.1, -0.05) is 41.0 Å². The number of carbonyl (C=O) groups excluding carboxylic acids is 1. The number of thioether (sulfide) groups is 1. The lowest BCUT2D eigenvalue weighted by Gasteiger charge is -2.11. The molecule has 0 radical (unpaired) electrons. The maximum Gasteiger partial charge on any atom is 0.234 e. The zero-order chi connectivity index (χ0) is 16.6. The quantitative estimate of drug-likeness (QED) is 0.798. The van der Waals surface area contributed by atoms with Crippen molar-refractivity contribution in [3.63, 3.8) is 0 Å². The molecule has 5 nitrogen and oxygen atoms in total. The van der Waals surface area contributed by atoms with Crippen LogP contribution in [0.5, 0.6) is 0 Å². The Morgan fingerprint density at radius 3 is 2.78 bits per heavy atom. The number of aryl methyl sites for hydroxylation is 2. The molecule has 23 heavy (non-hydrogen) atoms. The van der Waals surface area contributed by atoms with Gasteiger partial charge in [0.2, 0.25) is 5.91 Å². The summed E-state index contributed by atoms with van der Waals surface area (Å²) in [5.74, 6) is 0.943. The van der Waals surface area contributed by atoms with Crippen LogP contribution in [0.2, 0.25) is 10.0 Å². The van der Waals surface area contributed by atoms with Gasteiger partial charge in [-0.3, -0.25) is 4.79 Å². The molecule has 1 aliphatic rings. The first-order chi connectivity index (χ1) is 11.0. The molecule has 0 spiro atoms. The van der Waals surface area contributed by atoms with E-state index in [1.54, 1.807) is 6.07 Å². The van der Waals surface area contributed by atoms with Gasteiger partial charge in [0.15, 0.2) is 5.16 Å². The second kappa shape index (κ2) is 6.71. The maximum atomic E-state index is 12.2. The van der Waals surface area contributed by atoms with Crippen LogP contribution in [0.4, 0.5) is 5.69 Å². The average Bonchev–Trinajstić information content (AvgIpc) is 3.29. The van der Waals surface area contributed by atoms with Gasteiger partial charge in [0.05, 0.1) is 21.5 Å². The fraction of sp³-hybridized carbons (Fsp3) is 0.400. The Labute approximate surface area is 148 Å². The van der Waals surface area contributed by atoms with Crippen molar-refractivity contribution in [2.45, 2.75) is 37.9 Å². The Balaban J connectivity index is 1.66. The van der Waals surface area contributed by atoms with Crippen molar-refractivity contribution in [1.82, 2.24) is 14.8 Å². The average molecular weight is 371 g/mol. The smallest absolute Gasteiger partial charge is 0.234 e. The largest absolute Gasteiger partial charge is 0.323 e. The van der Waals surface area contributed by atoms with Gasteiger partial charge >= 0.3 is 0 Å². The van der Waals surface area contributed by atoms with Crippen LogP contribution in [0, 0.1) is 13.8 Å². The number of halogens is 2. The highest BCUT2D eigenvalue weighted by atomic mass is 35.5. The van der Waals surface area contributed by atoms with E-state index >= 15 is 0 Å². The van der Waals surface area contributed by atoms with Crippen molar-refractivity contribution in [2.24, 2.45) is 0 Å². The van der Waals surface area contributed by atoms with Gasteiger partial charge in [0.1, 0.15) is 5.82 Å². The zero-order valence-electron chi connectivity index (χ0n) is 12.8. The molecule has 0 saturated heterocycles. The van der Waals surface area contributed by atoms with Crippen LogP contribution in [0.3, 0.4) is 0 Å². The highest BCUT2D eigenvalue weighted by Gasteiger charge is 2.28. The molecule has 0 bridgehead atoms. The minimum Gasteiger partial charge on any atom is -0.323 e. The number of nitrogens with zero attached hydrogens (tertiary/aromatic N) is 3. The molecule has 1 heterocycles. The van der Waals surface area contributed by atoms with Gasteiger partial charge < -0.3 is 9.88 Å². The number of amides is 1. The molecule has 122 valence electrons. The van der Waals surface area contributed by atoms with Crippen molar-refractivity contribution >= 4 is 46.6 Å². The van der Waals surface area contributed by atoms with Crippen LogP contribution in [-0.2, 0) is 4.79 Å². The summed E-state index contributed by atoms with van der Waals surface area (Å²) in [6.07, 6.45) is 2.29. The van der Waals surface area contributed by atoms with E-state index in [1.165, 1.54) is 11.8 Å². The first-order valence-corrected chi connectivity index (χ1v) is 9.00. The van der Waals surface area contributed by atoms with Crippen LogP contribution >= 0.6 is 35.0 Å². The van der Waals surface area contributed by atoms with Crippen molar-refractivity contribution in [3.8, 4) is 0 Å². The molecular formula is C15H16Cl2N4OS. The van der Waals surface area contributed by atoms with Gasteiger partial charge in [-0.25, -0.2) is 0 Å². The fourth-order valence-electron chi connectivity index (χ4n) is 2.28. The van der Waals surface area contributed by atoms with E-state index < -0.39 is 0 Å². The first kappa shape index (κ1) is 16.6. The highest BCUT2D eigenvalue weighted by Crippen LogP contribution is 2.38. The predicted octanol–water partition coefficient (Wildman–Crippen LogP) is 4.27. The lowest BCUT2D eigenvalue weighted by Crippen LogP contribution is -2.15. The topological polar surface area (TPSA) is 59.8 Å². The van der Waals surface area contributed by atoms with Gasteiger partial charge in [-0.2, -0.15) is 0 Å². The van der Waals surface area contributed by atoms with E-state index in [0.717, 1.165) is 29.4 Å².